The molecule has 0 aliphatic rings. The molecule has 1 atom stereocenters. The number of carbonyl (C=O) groups excluding carboxylic acids is 1. The van der Waals surface area contributed by atoms with Crippen LogP contribution < -0.4 is 5.32 Å². The summed E-state index contributed by atoms with van der Waals surface area (Å²) in [6, 6.07) is 3.29. The minimum absolute atomic E-state index is 0.0244. The lowest BCUT2D eigenvalue weighted by Gasteiger charge is -2.12. The van der Waals surface area contributed by atoms with Gasteiger partial charge in [0, 0.05) is 24.9 Å². The van der Waals surface area contributed by atoms with Gasteiger partial charge in [-0.25, -0.2) is 4.98 Å². The Hall–Kier alpha value is -1.90. The topological polar surface area (TPSA) is 71.5 Å². The van der Waals surface area contributed by atoms with E-state index in [0.717, 1.165) is 0 Å². The zero-order valence-corrected chi connectivity index (χ0v) is 11.1. The molecular weight excluding hydrogens is 244 g/mol. The van der Waals surface area contributed by atoms with E-state index in [9.17, 15) is 4.79 Å². The molecule has 5 nitrogen and oxygen atoms in total. The summed E-state index contributed by atoms with van der Waals surface area (Å²) in [5, 5.41) is 11.3. The summed E-state index contributed by atoms with van der Waals surface area (Å²) in [7, 11) is 0. The third-order valence-electron chi connectivity index (χ3n) is 2.31. The van der Waals surface area contributed by atoms with Crippen molar-refractivity contribution < 1.29 is 14.6 Å². The first-order valence-electron chi connectivity index (χ1n) is 6.13. The van der Waals surface area contributed by atoms with Gasteiger partial charge in [0.2, 0.25) is 0 Å². The smallest absolute Gasteiger partial charge is 0.269 e. The molecular formula is C14H18N2O3. The molecule has 0 spiro atoms. The van der Waals surface area contributed by atoms with Crippen LogP contribution in [0, 0.1) is 11.8 Å². The van der Waals surface area contributed by atoms with Gasteiger partial charge in [-0.15, -0.1) is 0 Å². The summed E-state index contributed by atoms with van der Waals surface area (Å²) >= 11 is 0. The minimum atomic E-state index is -0.242. The van der Waals surface area contributed by atoms with Crippen LogP contribution >= 0.6 is 0 Å². The predicted octanol–water partition coefficient (Wildman–Crippen LogP) is 0.580. The molecule has 0 aliphatic carbocycles. The number of aliphatic hydroxyl groups is 1. The van der Waals surface area contributed by atoms with Crippen molar-refractivity contribution in [1.29, 1.82) is 0 Å². The molecule has 2 N–H and O–H groups in total. The number of pyridine rings is 1. The van der Waals surface area contributed by atoms with Crippen molar-refractivity contribution in [2.45, 2.75) is 20.0 Å². The van der Waals surface area contributed by atoms with E-state index in [1.54, 1.807) is 12.1 Å². The molecule has 0 saturated heterocycles. The van der Waals surface area contributed by atoms with Crippen molar-refractivity contribution in [2.24, 2.45) is 0 Å². The van der Waals surface area contributed by atoms with Crippen molar-refractivity contribution in [1.82, 2.24) is 10.3 Å². The van der Waals surface area contributed by atoms with Crippen molar-refractivity contribution in [3.05, 3.63) is 29.6 Å². The average Bonchev–Trinajstić information content (AvgIpc) is 2.43. The minimum Gasteiger partial charge on any atom is -0.384 e. The molecule has 0 aromatic carbocycles. The maximum atomic E-state index is 11.8. The van der Waals surface area contributed by atoms with Crippen LogP contribution in [-0.4, -0.2) is 41.9 Å². The number of aliphatic hydroxyl groups excluding tert-OH is 1. The Morgan fingerprint density at radius 3 is 2.95 bits per heavy atom. The molecule has 1 heterocycles. The summed E-state index contributed by atoms with van der Waals surface area (Å²) in [6.45, 7) is 4.67. The van der Waals surface area contributed by atoms with Gasteiger partial charge >= 0.3 is 0 Å². The molecule has 1 aromatic rings. The number of nitrogens with one attached hydrogen (secondary N) is 1. The molecule has 0 fully saturated rings. The Bertz CT molecular complexity index is 460. The first-order valence-corrected chi connectivity index (χ1v) is 6.13. The second-order valence-corrected chi connectivity index (χ2v) is 3.87. The maximum Gasteiger partial charge on any atom is 0.269 e. The summed E-state index contributed by atoms with van der Waals surface area (Å²) in [4.78, 5) is 15.8. The number of hydrogen-bond acceptors (Lipinski definition) is 4. The first-order chi connectivity index (χ1) is 9.17. The number of carbonyl (C=O) groups is 1. The fourth-order valence-corrected chi connectivity index (χ4v) is 1.41. The van der Waals surface area contributed by atoms with Crippen LogP contribution in [-0.2, 0) is 4.74 Å². The van der Waals surface area contributed by atoms with Crippen LogP contribution in [0.25, 0.3) is 0 Å². The van der Waals surface area contributed by atoms with Crippen LogP contribution in [0.1, 0.15) is 29.9 Å². The van der Waals surface area contributed by atoms with Crippen LogP contribution in [0.15, 0.2) is 18.3 Å². The third kappa shape index (κ3) is 5.51. The molecule has 0 saturated carbocycles. The van der Waals surface area contributed by atoms with E-state index in [0.29, 0.717) is 24.4 Å². The summed E-state index contributed by atoms with van der Waals surface area (Å²) in [6.07, 6.45) is 1.48. The summed E-state index contributed by atoms with van der Waals surface area (Å²) in [5.41, 5.74) is 0.992. The number of aromatic nitrogens is 1. The van der Waals surface area contributed by atoms with Crippen LogP contribution in [0.5, 0.6) is 0 Å². The van der Waals surface area contributed by atoms with Crippen molar-refractivity contribution >= 4 is 5.91 Å². The molecule has 5 heteroatoms. The Labute approximate surface area is 113 Å². The average molecular weight is 262 g/mol. The highest BCUT2D eigenvalue weighted by atomic mass is 16.5. The van der Waals surface area contributed by atoms with Gasteiger partial charge in [-0.2, -0.15) is 0 Å². The molecule has 102 valence electrons. The highest BCUT2D eigenvalue weighted by Gasteiger charge is 2.08. The Kier molecular flexibility index (Phi) is 6.58. The van der Waals surface area contributed by atoms with Crippen molar-refractivity contribution in [2.75, 3.05) is 19.8 Å². The fourth-order valence-electron chi connectivity index (χ4n) is 1.41. The number of rotatable bonds is 5. The number of hydrogen-bond donors (Lipinski definition) is 2. The van der Waals surface area contributed by atoms with E-state index in [1.165, 1.54) is 6.20 Å². The lowest BCUT2D eigenvalue weighted by Crippen LogP contribution is -2.32. The lowest BCUT2D eigenvalue weighted by molar-refractivity contribution is 0.0693. The van der Waals surface area contributed by atoms with Gasteiger partial charge in [-0.3, -0.25) is 4.79 Å². The van der Waals surface area contributed by atoms with Crippen LogP contribution in [0.4, 0.5) is 0 Å². The van der Waals surface area contributed by atoms with E-state index in [-0.39, 0.29) is 18.6 Å². The van der Waals surface area contributed by atoms with E-state index >= 15 is 0 Å². The van der Waals surface area contributed by atoms with E-state index in [1.807, 2.05) is 13.8 Å². The zero-order chi connectivity index (χ0) is 14.1. The predicted molar refractivity (Wildman–Crippen MR) is 71.6 cm³/mol. The molecule has 1 aromatic heterocycles. The van der Waals surface area contributed by atoms with E-state index in [2.05, 4.69) is 22.1 Å². The summed E-state index contributed by atoms with van der Waals surface area (Å²) in [5.74, 6) is 4.99. The van der Waals surface area contributed by atoms with Gasteiger partial charge in [-0.05, 0) is 26.0 Å². The SMILES string of the molecule is CCOC(C)CNC(=O)c1ccc(C#CCO)cn1. The molecule has 19 heavy (non-hydrogen) atoms. The molecule has 1 unspecified atom stereocenters. The van der Waals surface area contributed by atoms with Gasteiger partial charge in [0.05, 0.1) is 6.10 Å². The fraction of sp³-hybridized carbons (Fsp3) is 0.429. The van der Waals surface area contributed by atoms with Gasteiger partial charge in [-0.1, -0.05) is 11.8 Å². The second kappa shape index (κ2) is 8.25. The number of ether oxygens (including phenoxy) is 1. The van der Waals surface area contributed by atoms with E-state index < -0.39 is 0 Å². The van der Waals surface area contributed by atoms with Gasteiger partial charge < -0.3 is 15.2 Å². The Morgan fingerprint density at radius 1 is 1.58 bits per heavy atom. The third-order valence-corrected chi connectivity index (χ3v) is 2.31. The highest BCUT2D eigenvalue weighted by molar-refractivity contribution is 5.92. The second-order valence-electron chi connectivity index (χ2n) is 3.87. The van der Waals surface area contributed by atoms with Crippen LogP contribution in [0.3, 0.4) is 0 Å². The van der Waals surface area contributed by atoms with Crippen molar-refractivity contribution in [3.8, 4) is 11.8 Å². The zero-order valence-electron chi connectivity index (χ0n) is 11.1. The standard InChI is InChI=1S/C14H18N2O3/c1-3-19-11(2)9-16-14(18)13-7-6-12(10-15-13)5-4-8-17/h6-7,10-11,17H,3,8-9H2,1-2H3,(H,16,18). The van der Waals surface area contributed by atoms with Crippen LogP contribution in [0.2, 0.25) is 0 Å². The molecule has 1 amide bonds. The normalized spacial score (nSPS) is 11.3. The van der Waals surface area contributed by atoms with Gasteiger partial charge in [0.15, 0.2) is 0 Å². The van der Waals surface area contributed by atoms with Gasteiger partial charge in [0.25, 0.3) is 5.91 Å². The Balaban J connectivity index is 2.53. The largest absolute Gasteiger partial charge is 0.384 e. The Morgan fingerprint density at radius 2 is 2.37 bits per heavy atom. The summed E-state index contributed by atoms with van der Waals surface area (Å²) < 4.78 is 5.31. The monoisotopic (exact) mass is 262 g/mol. The molecule has 0 radical (unpaired) electrons. The maximum absolute atomic E-state index is 11.8. The molecule has 1 rings (SSSR count). The molecule has 0 bridgehead atoms. The molecule has 0 aliphatic heterocycles. The van der Waals surface area contributed by atoms with E-state index in [4.69, 9.17) is 9.84 Å². The quantitative estimate of drug-likeness (QED) is 0.761. The first kappa shape index (κ1) is 15.2. The number of nitrogens with zero attached hydrogens (tertiary/aromatic N) is 1. The highest BCUT2D eigenvalue weighted by Crippen LogP contribution is 1.99. The lowest BCUT2D eigenvalue weighted by atomic mass is 10.2. The van der Waals surface area contributed by atoms with Gasteiger partial charge in [0.1, 0.15) is 12.3 Å². The van der Waals surface area contributed by atoms with Crippen molar-refractivity contribution in [3.63, 3.8) is 0 Å². The number of amides is 1.